The van der Waals surface area contributed by atoms with E-state index in [-0.39, 0.29) is 18.3 Å². The van der Waals surface area contributed by atoms with Crippen molar-refractivity contribution in [2.24, 2.45) is 0 Å². The number of hydrogen-bond acceptors (Lipinski definition) is 2. The lowest BCUT2D eigenvalue weighted by molar-refractivity contribution is -0.120. The topological polar surface area (TPSA) is 41.1 Å². The molecule has 0 aliphatic heterocycles. The minimum atomic E-state index is -0.332. The summed E-state index contributed by atoms with van der Waals surface area (Å²) in [6.45, 7) is 3.23. The van der Waals surface area contributed by atoms with E-state index in [0.717, 1.165) is 6.42 Å². The van der Waals surface area contributed by atoms with Crippen LogP contribution in [0, 0.1) is 5.82 Å². The van der Waals surface area contributed by atoms with Gasteiger partial charge in [-0.05, 0) is 30.2 Å². The SMILES string of the molecule is CCCNC(=O)CNCc1cc(F)ccc1Cl. The molecule has 0 aliphatic rings. The predicted molar refractivity (Wildman–Crippen MR) is 66.4 cm³/mol. The maximum absolute atomic E-state index is 12.9. The van der Waals surface area contributed by atoms with Crippen LogP contribution in [0.1, 0.15) is 18.9 Å². The molecule has 17 heavy (non-hydrogen) atoms. The highest BCUT2D eigenvalue weighted by Crippen LogP contribution is 2.16. The highest BCUT2D eigenvalue weighted by atomic mass is 35.5. The number of halogens is 2. The summed E-state index contributed by atoms with van der Waals surface area (Å²) in [7, 11) is 0. The fourth-order valence-electron chi connectivity index (χ4n) is 1.32. The minimum absolute atomic E-state index is 0.0700. The van der Waals surface area contributed by atoms with E-state index in [1.165, 1.54) is 18.2 Å². The molecule has 0 fully saturated rings. The van der Waals surface area contributed by atoms with Gasteiger partial charge >= 0.3 is 0 Å². The molecule has 3 nitrogen and oxygen atoms in total. The molecule has 1 rings (SSSR count). The van der Waals surface area contributed by atoms with Crippen molar-refractivity contribution < 1.29 is 9.18 Å². The molecule has 0 atom stereocenters. The molecule has 0 aromatic heterocycles. The van der Waals surface area contributed by atoms with Crippen molar-refractivity contribution >= 4 is 17.5 Å². The zero-order chi connectivity index (χ0) is 12.7. The first-order chi connectivity index (χ1) is 8.13. The quantitative estimate of drug-likeness (QED) is 0.820. The monoisotopic (exact) mass is 258 g/mol. The van der Waals surface area contributed by atoms with Crippen molar-refractivity contribution in [3.8, 4) is 0 Å². The molecule has 0 spiro atoms. The third-order valence-electron chi connectivity index (χ3n) is 2.18. The lowest BCUT2D eigenvalue weighted by Crippen LogP contribution is -2.33. The Morgan fingerprint density at radius 2 is 2.24 bits per heavy atom. The average molecular weight is 259 g/mol. The third kappa shape index (κ3) is 5.15. The Balaban J connectivity index is 2.35. The molecule has 2 N–H and O–H groups in total. The molecule has 0 heterocycles. The van der Waals surface area contributed by atoms with Gasteiger partial charge in [-0.25, -0.2) is 4.39 Å². The van der Waals surface area contributed by atoms with Gasteiger partial charge in [-0.15, -0.1) is 0 Å². The zero-order valence-corrected chi connectivity index (χ0v) is 10.5. The summed E-state index contributed by atoms with van der Waals surface area (Å²) in [4.78, 5) is 11.3. The molecule has 0 aliphatic carbocycles. The van der Waals surface area contributed by atoms with Crippen LogP contribution in [0.3, 0.4) is 0 Å². The van der Waals surface area contributed by atoms with Gasteiger partial charge in [0.05, 0.1) is 6.54 Å². The second kappa shape index (κ2) is 7.25. The summed E-state index contributed by atoms with van der Waals surface area (Å²) >= 11 is 5.89. The van der Waals surface area contributed by atoms with Gasteiger partial charge in [0.2, 0.25) is 5.91 Å². The first-order valence-electron chi connectivity index (χ1n) is 5.54. The Kier molecular flexibility index (Phi) is 5.94. The van der Waals surface area contributed by atoms with Crippen molar-refractivity contribution in [2.45, 2.75) is 19.9 Å². The number of benzene rings is 1. The first-order valence-corrected chi connectivity index (χ1v) is 5.92. The largest absolute Gasteiger partial charge is 0.355 e. The van der Waals surface area contributed by atoms with E-state index in [1.54, 1.807) is 0 Å². The molecule has 0 radical (unpaired) electrons. The summed E-state index contributed by atoms with van der Waals surface area (Å²) in [6, 6.07) is 4.17. The molecular weight excluding hydrogens is 243 g/mol. The maximum atomic E-state index is 12.9. The highest BCUT2D eigenvalue weighted by Gasteiger charge is 2.03. The summed E-state index contributed by atoms with van der Waals surface area (Å²) in [6.07, 6.45) is 0.904. The number of carbonyl (C=O) groups is 1. The van der Waals surface area contributed by atoms with Crippen LogP contribution in [0.5, 0.6) is 0 Å². The van der Waals surface area contributed by atoms with Gasteiger partial charge in [0.1, 0.15) is 5.82 Å². The van der Waals surface area contributed by atoms with Crippen LogP contribution >= 0.6 is 11.6 Å². The number of nitrogens with one attached hydrogen (secondary N) is 2. The zero-order valence-electron chi connectivity index (χ0n) is 9.72. The summed E-state index contributed by atoms with van der Waals surface area (Å²) < 4.78 is 12.9. The highest BCUT2D eigenvalue weighted by molar-refractivity contribution is 6.31. The van der Waals surface area contributed by atoms with Crippen LogP contribution in [0.4, 0.5) is 4.39 Å². The number of carbonyl (C=O) groups excluding carboxylic acids is 1. The van der Waals surface area contributed by atoms with Gasteiger partial charge in [0.15, 0.2) is 0 Å². The fraction of sp³-hybridized carbons (Fsp3) is 0.417. The molecule has 5 heteroatoms. The van der Waals surface area contributed by atoms with E-state index in [0.29, 0.717) is 23.7 Å². The summed E-state index contributed by atoms with van der Waals surface area (Å²) in [5.74, 6) is -0.402. The maximum Gasteiger partial charge on any atom is 0.233 e. The average Bonchev–Trinajstić information content (AvgIpc) is 2.31. The molecule has 0 bridgehead atoms. The van der Waals surface area contributed by atoms with E-state index in [1.807, 2.05) is 6.92 Å². The van der Waals surface area contributed by atoms with Crippen molar-refractivity contribution in [3.05, 3.63) is 34.6 Å². The molecule has 1 amide bonds. The molecule has 1 aromatic rings. The molecule has 0 saturated carbocycles. The number of amides is 1. The van der Waals surface area contributed by atoms with E-state index in [9.17, 15) is 9.18 Å². The summed E-state index contributed by atoms with van der Waals surface area (Å²) in [5.41, 5.74) is 0.648. The van der Waals surface area contributed by atoms with Gasteiger partial charge in [-0.2, -0.15) is 0 Å². The molecule has 1 aromatic carbocycles. The van der Waals surface area contributed by atoms with E-state index < -0.39 is 0 Å². The lowest BCUT2D eigenvalue weighted by atomic mass is 10.2. The van der Waals surface area contributed by atoms with E-state index in [2.05, 4.69) is 10.6 Å². The van der Waals surface area contributed by atoms with Crippen molar-refractivity contribution in [1.82, 2.24) is 10.6 Å². The lowest BCUT2D eigenvalue weighted by Gasteiger charge is -2.07. The van der Waals surface area contributed by atoms with Gasteiger partial charge in [-0.3, -0.25) is 4.79 Å². The first kappa shape index (κ1) is 13.9. The van der Waals surface area contributed by atoms with Crippen molar-refractivity contribution in [1.29, 1.82) is 0 Å². The van der Waals surface area contributed by atoms with Crippen LogP contribution in [0.15, 0.2) is 18.2 Å². The molecular formula is C12H16ClFN2O. The predicted octanol–water partition coefficient (Wildman–Crippen LogP) is 2.09. The second-order valence-corrected chi connectivity index (χ2v) is 4.10. The summed E-state index contributed by atoms with van der Waals surface area (Å²) in [5, 5.41) is 6.14. The fourth-order valence-corrected chi connectivity index (χ4v) is 1.50. The standard InChI is InChI=1S/C12H16ClFN2O/c1-2-5-16-12(17)8-15-7-9-6-10(14)3-4-11(9)13/h3-4,6,15H,2,5,7-8H2,1H3,(H,16,17). The number of hydrogen-bond donors (Lipinski definition) is 2. The van der Waals surface area contributed by atoms with Crippen LogP contribution < -0.4 is 10.6 Å². The van der Waals surface area contributed by atoms with Crippen molar-refractivity contribution in [2.75, 3.05) is 13.1 Å². The van der Waals surface area contributed by atoms with Crippen LogP contribution in [0.25, 0.3) is 0 Å². The third-order valence-corrected chi connectivity index (χ3v) is 2.55. The van der Waals surface area contributed by atoms with E-state index in [4.69, 9.17) is 11.6 Å². The van der Waals surface area contributed by atoms with Crippen LogP contribution in [-0.4, -0.2) is 19.0 Å². The number of rotatable bonds is 6. The molecule has 94 valence electrons. The normalized spacial score (nSPS) is 10.3. The Morgan fingerprint density at radius 3 is 2.94 bits per heavy atom. The Bertz CT molecular complexity index is 385. The smallest absolute Gasteiger partial charge is 0.233 e. The minimum Gasteiger partial charge on any atom is -0.355 e. The van der Waals surface area contributed by atoms with Gasteiger partial charge < -0.3 is 10.6 Å². The molecule has 0 saturated heterocycles. The van der Waals surface area contributed by atoms with E-state index >= 15 is 0 Å². The van der Waals surface area contributed by atoms with Crippen LogP contribution in [-0.2, 0) is 11.3 Å². The van der Waals surface area contributed by atoms with Crippen LogP contribution in [0.2, 0.25) is 5.02 Å². The van der Waals surface area contributed by atoms with Crippen molar-refractivity contribution in [3.63, 3.8) is 0 Å². The van der Waals surface area contributed by atoms with Gasteiger partial charge in [-0.1, -0.05) is 18.5 Å². The van der Waals surface area contributed by atoms with Gasteiger partial charge in [0.25, 0.3) is 0 Å². The molecule has 0 unspecified atom stereocenters. The second-order valence-electron chi connectivity index (χ2n) is 3.69. The Morgan fingerprint density at radius 1 is 1.47 bits per heavy atom. The Labute approximate surface area is 105 Å². The Hall–Kier alpha value is -1.13. The van der Waals surface area contributed by atoms with Gasteiger partial charge in [0, 0.05) is 18.1 Å².